The zero-order chi connectivity index (χ0) is 12.7. The van der Waals surface area contributed by atoms with Crippen LogP contribution in [-0.2, 0) is 16.0 Å². The molecule has 0 amide bonds. The largest absolute Gasteiger partial charge is 0.505 e. The van der Waals surface area contributed by atoms with Crippen molar-refractivity contribution < 1.29 is 14.6 Å². The van der Waals surface area contributed by atoms with Crippen LogP contribution in [0.3, 0.4) is 0 Å². The molecular formula is C12H13N2O3+. The second kappa shape index (κ2) is 6.28. The van der Waals surface area contributed by atoms with Gasteiger partial charge >= 0.3 is 11.7 Å². The van der Waals surface area contributed by atoms with E-state index >= 15 is 0 Å². The van der Waals surface area contributed by atoms with Gasteiger partial charge in [-0.25, -0.2) is 4.79 Å². The van der Waals surface area contributed by atoms with E-state index in [-0.39, 0.29) is 12.2 Å². The van der Waals surface area contributed by atoms with Gasteiger partial charge in [-0.15, -0.1) is 0 Å². The van der Waals surface area contributed by atoms with E-state index < -0.39 is 11.7 Å². The molecule has 0 atom stereocenters. The predicted octanol–water partition coefficient (Wildman–Crippen LogP) is 2.41. The predicted molar refractivity (Wildman–Crippen MR) is 61.5 cm³/mol. The molecule has 0 bridgehead atoms. The lowest BCUT2D eigenvalue weighted by molar-refractivity contribution is -0.136. The number of aliphatic hydroxyl groups excluding tert-OH is 1. The number of hydrogen-bond donors (Lipinski definition) is 1. The summed E-state index contributed by atoms with van der Waals surface area (Å²) in [4.78, 5) is 13.8. The van der Waals surface area contributed by atoms with Gasteiger partial charge in [0.2, 0.25) is 5.39 Å². The van der Waals surface area contributed by atoms with E-state index in [0.29, 0.717) is 6.42 Å². The van der Waals surface area contributed by atoms with Crippen LogP contribution in [0, 0.1) is 5.39 Å². The van der Waals surface area contributed by atoms with Gasteiger partial charge in [-0.1, -0.05) is 30.3 Å². The van der Waals surface area contributed by atoms with Crippen LogP contribution in [0.4, 0.5) is 0 Å². The number of rotatable bonds is 4. The summed E-state index contributed by atoms with van der Waals surface area (Å²) in [6.45, 7) is 0. The molecule has 0 fully saturated rings. The Balaban J connectivity index is 2.71. The maximum Gasteiger partial charge on any atom is 0.505 e. The van der Waals surface area contributed by atoms with Crippen LogP contribution in [0.5, 0.6) is 0 Å². The van der Waals surface area contributed by atoms with E-state index in [1.165, 1.54) is 0 Å². The number of methoxy groups -OCH3 is 1. The molecule has 0 unspecified atom stereocenters. The maximum atomic E-state index is 11.1. The number of hydrogen-bond acceptors (Lipinski definition) is 4. The summed E-state index contributed by atoms with van der Waals surface area (Å²) in [5.41, 5.74) is 0.560. The molecule has 0 saturated carbocycles. The van der Waals surface area contributed by atoms with Gasteiger partial charge in [-0.3, -0.25) is 0 Å². The number of aryl methyl sites for hydroxylation is 1. The van der Waals surface area contributed by atoms with Crippen molar-refractivity contribution in [3.8, 4) is 0 Å². The highest BCUT2D eigenvalue weighted by Crippen LogP contribution is 2.13. The lowest BCUT2D eigenvalue weighted by Gasteiger charge is -1.98. The number of allylic oxidation sites excluding steroid dienone is 1. The lowest BCUT2D eigenvalue weighted by atomic mass is 10.1. The summed E-state index contributed by atoms with van der Waals surface area (Å²) < 4.78 is 4.37. The minimum absolute atomic E-state index is 0.207. The molecule has 1 N–H and O–H groups in total. The molecule has 0 spiro atoms. The molecule has 0 aliphatic heterocycles. The van der Waals surface area contributed by atoms with Crippen LogP contribution in [0.25, 0.3) is 4.98 Å². The average molecular weight is 233 g/mol. The van der Waals surface area contributed by atoms with Crippen molar-refractivity contribution in [1.29, 1.82) is 5.39 Å². The van der Waals surface area contributed by atoms with Gasteiger partial charge in [0.05, 0.1) is 7.11 Å². The SMILES string of the molecule is COC(=O)C([N+]#N)=C(O)CCc1ccccc1. The summed E-state index contributed by atoms with van der Waals surface area (Å²) in [5.74, 6) is -1.15. The molecule has 0 aliphatic carbocycles. The number of carbonyl (C=O) groups is 1. The Morgan fingerprint density at radius 1 is 1.41 bits per heavy atom. The molecule has 5 nitrogen and oxygen atoms in total. The number of carbonyl (C=O) groups excluding carboxylic acids is 1. The fourth-order valence-electron chi connectivity index (χ4n) is 1.34. The highest BCUT2D eigenvalue weighted by atomic mass is 16.5. The maximum absolute atomic E-state index is 11.1. The summed E-state index contributed by atoms with van der Waals surface area (Å²) in [6.07, 6.45) is 0.751. The Hall–Kier alpha value is -2.35. The molecule has 1 aromatic rings. The Kier molecular flexibility index (Phi) is 4.70. The fourth-order valence-corrected chi connectivity index (χ4v) is 1.34. The first-order chi connectivity index (χ1) is 8.19. The van der Waals surface area contributed by atoms with Crippen molar-refractivity contribution in [2.75, 3.05) is 7.11 Å². The second-order valence-electron chi connectivity index (χ2n) is 3.37. The van der Waals surface area contributed by atoms with Crippen molar-refractivity contribution in [3.63, 3.8) is 0 Å². The third-order valence-corrected chi connectivity index (χ3v) is 2.25. The summed E-state index contributed by atoms with van der Waals surface area (Å²) in [6, 6.07) is 9.46. The van der Waals surface area contributed by atoms with Gasteiger partial charge in [0, 0.05) is 6.42 Å². The molecule has 88 valence electrons. The zero-order valence-electron chi connectivity index (χ0n) is 9.46. The summed E-state index contributed by atoms with van der Waals surface area (Å²) in [7, 11) is 1.15. The van der Waals surface area contributed by atoms with Crippen LogP contribution in [0.15, 0.2) is 41.8 Å². The van der Waals surface area contributed by atoms with Gasteiger partial charge in [0.15, 0.2) is 10.7 Å². The number of nitrogens with zero attached hydrogens (tertiary/aromatic N) is 2. The molecule has 17 heavy (non-hydrogen) atoms. The first-order valence-electron chi connectivity index (χ1n) is 5.08. The molecule has 0 radical (unpaired) electrons. The Morgan fingerprint density at radius 2 is 2.06 bits per heavy atom. The first kappa shape index (κ1) is 12.7. The average Bonchev–Trinajstić information content (AvgIpc) is 2.38. The Morgan fingerprint density at radius 3 is 2.59 bits per heavy atom. The molecule has 1 aromatic carbocycles. The number of benzene rings is 1. The van der Waals surface area contributed by atoms with E-state index in [1.807, 2.05) is 30.3 Å². The van der Waals surface area contributed by atoms with Crippen LogP contribution < -0.4 is 0 Å². The third-order valence-electron chi connectivity index (χ3n) is 2.25. The molecular weight excluding hydrogens is 220 g/mol. The fraction of sp³-hybridized carbons (Fsp3) is 0.250. The zero-order valence-corrected chi connectivity index (χ0v) is 9.46. The van der Waals surface area contributed by atoms with E-state index in [0.717, 1.165) is 12.7 Å². The van der Waals surface area contributed by atoms with E-state index in [4.69, 9.17) is 5.39 Å². The molecule has 0 heterocycles. The summed E-state index contributed by atoms with van der Waals surface area (Å²) in [5, 5.41) is 18.2. The van der Waals surface area contributed by atoms with Gasteiger partial charge in [0.1, 0.15) is 0 Å². The smallest absolute Gasteiger partial charge is 0.505 e. The third kappa shape index (κ3) is 3.61. The lowest BCUT2D eigenvalue weighted by Crippen LogP contribution is -2.05. The molecule has 0 saturated heterocycles. The minimum Gasteiger partial charge on any atom is -0.505 e. The Labute approximate surface area is 99.0 Å². The highest BCUT2D eigenvalue weighted by molar-refractivity contribution is 5.90. The van der Waals surface area contributed by atoms with E-state index in [9.17, 15) is 9.90 Å². The van der Waals surface area contributed by atoms with Gasteiger partial charge in [-0.2, -0.15) is 0 Å². The number of ether oxygens (including phenoxy) is 1. The van der Waals surface area contributed by atoms with Crippen LogP contribution in [0.1, 0.15) is 12.0 Å². The van der Waals surface area contributed by atoms with Crippen molar-refractivity contribution >= 4 is 5.97 Å². The van der Waals surface area contributed by atoms with Gasteiger partial charge in [-0.05, 0) is 12.0 Å². The highest BCUT2D eigenvalue weighted by Gasteiger charge is 2.29. The van der Waals surface area contributed by atoms with Crippen molar-refractivity contribution in [2.24, 2.45) is 0 Å². The Bertz CT molecular complexity index is 460. The summed E-state index contributed by atoms with van der Waals surface area (Å²) >= 11 is 0. The molecule has 0 aromatic heterocycles. The van der Waals surface area contributed by atoms with Crippen LogP contribution in [-0.4, -0.2) is 18.2 Å². The molecule has 1 rings (SSSR count). The van der Waals surface area contributed by atoms with Crippen molar-refractivity contribution in [2.45, 2.75) is 12.8 Å². The minimum atomic E-state index is -0.863. The standard InChI is InChI=1S/C12H12N2O3/c1-17-12(16)11(14-13)10(15)8-7-9-5-3-2-4-6-9/h2-6H,7-8H2,1H3/p+1. The monoisotopic (exact) mass is 233 g/mol. The van der Waals surface area contributed by atoms with Gasteiger partial charge < -0.3 is 9.84 Å². The number of diazo groups is 1. The number of esters is 1. The number of aliphatic hydroxyl groups is 1. The van der Waals surface area contributed by atoms with Crippen molar-refractivity contribution in [1.82, 2.24) is 0 Å². The van der Waals surface area contributed by atoms with E-state index in [2.05, 4.69) is 9.71 Å². The van der Waals surface area contributed by atoms with Crippen LogP contribution in [0.2, 0.25) is 0 Å². The quantitative estimate of drug-likeness (QED) is 0.375. The first-order valence-corrected chi connectivity index (χ1v) is 5.08. The molecule has 0 aliphatic rings. The van der Waals surface area contributed by atoms with E-state index in [1.54, 1.807) is 0 Å². The van der Waals surface area contributed by atoms with Crippen molar-refractivity contribution in [3.05, 3.63) is 52.3 Å². The normalized spacial score (nSPS) is 11.3. The molecule has 5 heteroatoms. The second-order valence-corrected chi connectivity index (χ2v) is 3.37. The van der Waals surface area contributed by atoms with Crippen LogP contribution >= 0.6 is 0 Å². The topological polar surface area (TPSA) is 74.7 Å². The van der Waals surface area contributed by atoms with Gasteiger partial charge in [0.25, 0.3) is 0 Å².